The van der Waals surface area contributed by atoms with Crippen LogP contribution < -0.4 is 4.43 Å². The molecule has 9 nitrogen and oxygen atoms in total. The molecule has 5 rings (SSSR count). The third-order valence-corrected chi connectivity index (χ3v) is 13.5. The van der Waals surface area contributed by atoms with Crippen LogP contribution >= 0.6 is 0 Å². The Morgan fingerprint density at radius 1 is 1.00 bits per heavy atom. The van der Waals surface area contributed by atoms with E-state index in [0.29, 0.717) is 33.0 Å². The molecule has 2 aromatic heterocycles. The second-order valence-electron chi connectivity index (χ2n) is 13.9. The lowest BCUT2D eigenvalue weighted by Gasteiger charge is -2.36. The van der Waals surface area contributed by atoms with Gasteiger partial charge < -0.3 is 27.9 Å². The second kappa shape index (κ2) is 15.3. The molecule has 2 atom stereocenters. The number of benzene rings is 2. The zero-order chi connectivity index (χ0) is 32.7. The molecule has 3 heterocycles. The average Bonchev–Trinajstić information content (AvgIpc) is 3.59. The molecule has 0 saturated carbocycles. The summed E-state index contributed by atoms with van der Waals surface area (Å²) >= 11 is 0. The summed E-state index contributed by atoms with van der Waals surface area (Å²) in [6.45, 7) is 16.8. The molecule has 10 heteroatoms. The fourth-order valence-electron chi connectivity index (χ4n) is 5.24. The van der Waals surface area contributed by atoms with Crippen molar-refractivity contribution in [2.45, 2.75) is 97.1 Å². The average molecular weight is 649 g/mol. The summed E-state index contributed by atoms with van der Waals surface area (Å²) in [7, 11) is -0.0166. The Morgan fingerprint density at radius 3 is 2.52 bits per heavy atom. The fraction of sp³-hybridized carbons (Fsp3) is 0.556. The summed E-state index contributed by atoms with van der Waals surface area (Å²) in [5, 5.41) is 6.22. The van der Waals surface area contributed by atoms with Crippen molar-refractivity contribution in [3.63, 3.8) is 0 Å². The first-order chi connectivity index (χ1) is 22.0. The molecule has 1 saturated heterocycles. The molecule has 0 N–H and O–H groups in total. The van der Waals surface area contributed by atoms with Gasteiger partial charge >= 0.3 is 0 Å². The van der Waals surface area contributed by atoms with E-state index in [0.717, 1.165) is 66.2 Å². The van der Waals surface area contributed by atoms with Crippen LogP contribution in [0, 0.1) is 0 Å². The summed E-state index contributed by atoms with van der Waals surface area (Å²) in [6, 6.07) is 16.6. The maximum Gasteiger partial charge on any atom is 0.250 e. The van der Waals surface area contributed by atoms with Gasteiger partial charge in [-0.3, -0.25) is 0 Å². The molecule has 2 aromatic carbocycles. The van der Waals surface area contributed by atoms with E-state index in [1.54, 1.807) is 0 Å². The molecule has 2 unspecified atom stereocenters. The molecular weight excluding hydrogens is 597 g/mol. The van der Waals surface area contributed by atoms with Gasteiger partial charge in [-0.05, 0) is 74.5 Å². The smallest absolute Gasteiger partial charge is 0.250 e. The number of hydrogen-bond donors (Lipinski definition) is 0. The normalized spacial score (nSPS) is 16.6. The number of aryl methyl sites for hydroxylation is 1. The highest BCUT2D eigenvalue weighted by Crippen LogP contribution is 2.39. The molecule has 1 aliphatic heterocycles. The molecule has 1 fully saturated rings. The third kappa shape index (κ3) is 8.66. The van der Waals surface area contributed by atoms with Gasteiger partial charge in [0, 0.05) is 31.8 Å². The molecule has 0 bridgehead atoms. The number of imidazole rings is 1. The maximum atomic E-state index is 6.69. The zero-order valence-corrected chi connectivity index (χ0v) is 29.8. The van der Waals surface area contributed by atoms with Crippen molar-refractivity contribution in [2.75, 3.05) is 26.4 Å². The molecular formula is C36H52N4O5Si. The van der Waals surface area contributed by atoms with Gasteiger partial charge in [0.25, 0.3) is 0 Å². The Kier molecular flexibility index (Phi) is 11.4. The summed E-state index contributed by atoms with van der Waals surface area (Å²) in [5.74, 6) is 1.71. The molecule has 0 aliphatic carbocycles. The second-order valence-corrected chi connectivity index (χ2v) is 18.6. The Morgan fingerprint density at radius 2 is 1.78 bits per heavy atom. The van der Waals surface area contributed by atoms with E-state index in [-0.39, 0.29) is 17.4 Å². The van der Waals surface area contributed by atoms with Crippen molar-refractivity contribution in [2.24, 2.45) is 7.05 Å². The highest BCUT2D eigenvalue weighted by Gasteiger charge is 2.39. The van der Waals surface area contributed by atoms with Crippen LogP contribution in [-0.2, 0) is 39.2 Å². The SMILES string of the molecule is CC(CCOCCOCc1nc(-c2nn(C3CCCCO3)c3ccc(O[Si](C)(C)C(C)(C)C)cc23)cn1C)OCc1ccccc1. The van der Waals surface area contributed by atoms with E-state index in [9.17, 15) is 0 Å². The van der Waals surface area contributed by atoms with Crippen molar-refractivity contribution in [3.8, 4) is 17.1 Å². The molecule has 0 radical (unpaired) electrons. The standard InChI is InChI=1S/C36H52N4O5Si/c1-27(44-25-28-13-9-8-10-14-28)18-20-41-21-22-42-26-33-37-31(24-39(33)5)35-30-23-29(45-46(6,7)36(2,3)4)16-17-32(30)40(38-35)34-15-11-12-19-43-34/h8-10,13-14,16-17,23-24,27,34H,11-12,15,18-22,25-26H2,1-7H3. The minimum atomic E-state index is -2.01. The number of fused-ring (bicyclic) bond motifs is 1. The number of ether oxygens (including phenoxy) is 4. The maximum absolute atomic E-state index is 6.69. The first-order valence-corrected chi connectivity index (χ1v) is 19.6. The molecule has 1 aliphatic rings. The molecule has 250 valence electrons. The highest BCUT2D eigenvalue weighted by molar-refractivity contribution is 6.74. The Bertz CT molecular complexity index is 1540. The number of nitrogens with zero attached hydrogens (tertiary/aromatic N) is 4. The van der Waals surface area contributed by atoms with Crippen LogP contribution in [0.4, 0.5) is 0 Å². The van der Waals surface area contributed by atoms with Gasteiger partial charge in [0.05, 0.1) is 31.4 Å². The van der Waals surface area contributed by atoms with E-state index >= 15 is 0 Å². The van der Waals surface area contributed by atoms with Crippen molar-refractivity contribution in [1.29, 1.82) is 0 Å². The van der Waals surface area contributed by atoms with Crippen LogP contribution in [0.1, 0.15) is 71.0 Å². The number of rotatable bonds is 15. The molecule has 46 heavy (non-hydrogen) atoms. The minimum Gasteiger partial charge on any atom is -0.543 e. The van der Waals surface area contributed by atoms with E-state index in [1.807, 2.05) is 40.7 Å². The number of hydrogen-bond acceptors (Lipinski definition) is 7. The van der Waals surface area contributed by atoms with E-state index < -0.39 is 8.32 Å². The zero-order valence-electron chi connectivity index (χ0n) is 28.8. The summed E-state index contributed by atoms with van der Waals surface area (Å²) in [6.07, 6.45) is 6.08. The Hall–Kier alpha value is -3.02. The first kappa shape index (κ1) is 34.3. The molecule has 0 spiro atoms. The summed E-state index contributed by atoms with van der Waals surface area (Å²) in [4.78, 5) is 4.97. The van der Waals surface area contributed by atoms with E-state index in [4.69, 9.17) is 33.5 Å². The quantitative estimate of drug-likeness (QED) is 0.0953. The van der Waals surface area contributed by atoms with Crippen LogP contribution in [0.2, 0.25) is 18.1 Å². The fourth-order valence-corrected chi connectivity index (χ4v) is 6.26. The van der Waals surface area contributed by atoms with Gasteiger partial charge in [-0.15, -0.1) is 0 Å². The van der Waals surface area contributed by atoms with Crippen LogP contribution in [-0.4, -0.2) is 60.2 Å². The minimum absolute atomic E-state index is 0.0814. The van der Waals surface area contributed by atoms with Gasteiger partial charge in [-0.2, -0.15) is 5.10 Å². The van der Waals surface area contributed by atoms with Gasteiger partial charge in [0.1, 0.15) is 29.6 Å². The lowest BCUT2D eigenvalue weighted by atomic mass is 10.1. The number of aromatic nitrogens is 4. The summed E-state index contributed by atoms with van der Waals surface area (Å²) < 4.78 is 34.6. The Balaban J connectivity index is 1.20. The molecule has 0 amide bonds. The Labute approximate surface area is 275 Å². The van der Waals surface area contributed by atoms with Crippen LogP contribution in [0.3, 0.4) is 0 Å². The van der Waals surface area contributed by atoms with Crippen molar-refractivity contribution < 1.29 is 23.4 Å². The predicted molar refractivity (Wildman–Crippen MR) is 184 cm³/mol. The van der Waals surface area contributed by atoms with E-state index in [1.165, 1.54) is 5.56 Å². The lowest BCUT2D eigenvalue weighted by Crippen LogP contribution is -2.43. The van der Waals surface area contributed by atoms with Crippen LogP contribution in [0.5, 0.6) is 5.75 Å². The third-order valence-electron chi connectivity index (χ3n) is 9.15. The highest BCUT2D eigenvalue weighted by atomic mass is 28.4. The van der Waals surface area contributed by atoms with Gasteiger partial charge in [0.2, 0.25) is 8.32 Å². The predicted octanol–water partition coefficient (Wildman–Crippen LogP) is 8.05. The van der Waals surface area contributed by atoms with Crippen LogP contribution in [0.25, 0.3) is 22.3 Å². The van der Waals surface area contributed by atoms with E-state index in [2.05, 4.69) is 71.1 Å². The molecule has 4 aromatic rings. The van der Waals surface area contributed by atoms with Crippen molar-refractivity contribution >= 4 is 19.2 Å². The van der Waals surface area contributed by atoms with Crippen molar-refractivity contribution in [3.05, 3.63) is 66.1 Å². The van der Waals surface area contributed by atoms with Gasteiger partial charge in [-0.1, -0.05) is 51.1 Å². The van der Waals surface area contributed by atoms with Crippen molar-refractivity contribution in [1.82, 2.24) is 19.3 Å². The first-order valence-electron chi connectivity index (χ1n) is 16.7. The summed E-state index contributed by atoms with van der Waals surface area (Å²) in [5.41, 5.74) is 3.86. The largest absolute Gasteiger partial charge is 0.543 e. The lowest BCUT2D eigenvalue weighted by molar-refractivity contribution is -0.0365. The van der Waals surface area contributed by atoms with Gasteiger partial charge in [-0.25, -0.2) is 9.67 Å². The topological polar surface area (TPSA) is 81.8 Å². The monoisotopic (exact) mass is 648 g/mol. The van der Waals surface area contributed by atoms with Gasteiger partial charge in [0.15, 0.2) is 6.23 Å². The van der Waals surface area contributed by atoms with Crippen LogP contribution in [0.15, 0.2) is 54.7 Å².